The Balaban J connectivity index is 0. The molecule has 0 N–H and O–H groups in total. The molecule has 20 heavy (non-hydrogen) atoms. The Bertz CT molecular complexity index is 161. The van der Waals surface area contributed by atoms with E-state index in [1.165, 1.54) is 88.4 Å². The first-order valence-electron chi connectivity index (χ1n) is 8.65. The molecule has 0 aliphatic rings. The number of rotatable bonds is 14. The lowest BCUT2D eigenvalue weighted by Gasteiger charge is -2.39. The van der Waals surface area contributed by atoms with Gasteiger partial charge in [-0.2, -0.15) is 0 Å². The number of nitrogens with zero attached hydrogens (tertiary/aromatic N) is 1. The van der Waals surface area contributed by atoms with E-state index in [-0.39, 0.29) is 24.0 Å². The molecule has 0 aliphatic carbocycles. The number of alkyl halides is 1. The molecule has 0 rings (SSSR count). The van der Waals surface area contributed by atoms with Crippen LogP contribution in [-0.2, 0) is 0 Å². The highest BCUT2D eigenvalue weighted by molar-refractivity contribution is 6.17. The number of quaternary nitrogens is 1. The normalized spacial score (nSPS) is 11.4. The predicted molar refractivity (Wildman–Crippen MR) is 89.0 cm³/mol. The zero-order valence-corrected chi connectivity index (χ0v) is 17.0. The highest BCUT2D eigenvalue weighted by Gasteiger charge is 2.25. The van der Waals surface area contributed by atoms with E-state index in [4.69, 9.17) is 11.6 Å². The molecule has 0 aromatic carbocycles. The van der Waals surface area contributed by atoms with Crippen molar-refractivity contribution in [3.8, 4) is 0 Å². The molecular weight excluding hydrogens is 381 g/mol. The lowest BCUT2D eigenvalue weighted by Crippen LogP contribution is -3.00. The van der Waals surface area contributed by atoms with Gasteiger partial charge in [0.15, 0.2) is 0 Å². The van der Waals surface area contributed by atoms with Crippen molar-refractivity contribution in [3.05, 3.63) is 0 Å². The summed E-state index contributed by atoms with van der Waals surface area (Å²) >= 11 is 6.11. The van der Waals surface area contributed by atoms with Gasteiger partial charge in [0.25, 0.3) is 0 Å². The Labute approximate surface area is 150 Å². The summed E-state index contributed by atoms with van der Waals surface area (Å²) in [6, 6.07) is 0. The van der Waals surface area contributed by atoms with Gasteiger partial charge in [0.1, 0.15) is 0 Å². The molecule has 1 nitrogen and oxygen atoms in total. The van der Waals surface area contributed by atoms with Crippen LogP contribution in [0.3, 0.4) is 0 Å². The molecule has 3 heteroatoms. The summed E-state index contributed by atoms with van der Waals surface area (Å²) in [5.74, 6) is 0.824. The molecule has 0 unspecified atom stereocenters. The third-order valence-electron chi connectivity index (χ3n) is 4.27. The molecule has 0 bridgehead atoms. The van der Waals surface area contributed by atoms with Crippen molar-refractivity contribution in [3.63, 3.8) is 0 Å². The molecule has 0 saturated carbocycles. The van der Waals surface area contributed by atoms with Gasteiger partial charge >= 0.3 is 0 Å². The Morgan fingerprint density at radius 2 is 0.950 bits per heavy atom. The second-order valence-corrected chi connectivity index (χ2v) is 6.42. The smallest absolute Gasteiger partial charge is 0.0924 e. The van der Waals surface area contributed by atoms with Gasteiger partial charge in [0.05, 0.1) is 32.1 Å². The van der Waals surface area contributed by atoms with Crippen LogP contribution in [0, 0.1) is 0 Å². The van der Waals surface area contributed by atoms with Crippen LogP contribution < -0.4 is 24.0 Å². The molecule has 0 amide bonds. The zero-order chi connectivity index (χ0) is 14.4. The summed E-state index contributed by atoms with van der Waals surface area (Å²) in [5, 5.41) is 0. The molecular formula is C17H37ClIN. The largest absolute Gasteiger partial charge is 1.00 e. The molecule has 0 aromatic heterocycles. The van der Waals surface area contributed by atoms with Crippen molar-refractivity contribution in [1.82, 2.24) is 0 Å². The lowest BCUT2D eigenvalue weighted by atomic mass is 10.1. The second-order valence-electron chi connectivity index (χ2n) is 6.05. The SMILES string of the molecule is CCCCC[N+](CCCl)(CCCCC)CCCCC.[I-]. The summed E-state index contributed by atoms with van der Waals surface area (Å²) in [7, 11) is 0. The molecule has 0 atom stereocenters. The van der Waals surface area contributed by atoms with Crippen LogP contribution in [0.4, 0.5) is 0 Å². The van der Waals surface area contributed by atoms with E-state index >= 15 is 0 Å². The van der Waals surface area contributed by atoms with Crippen LogP contribution in [-0.4, -0.2) is 36.5 Å². The highest BCUT2D eigenvalue weighted by atomic mass is 127. The van der Waals surface area contributed by atoms with E-state index in [1.807, 2.05) is 0 Å². The van der Waals surface area contributed by atoms with Gasteiger partial charge < -0.3 is 28.5 Å². The molecule has 0 saturated heterocycles. The van der Waals surface area contributed by atoms with E-state index in [0.717, 1.165) is 5.88 Å². The van der Waals surface area contributed by atoms with Crippen LogP contribution in [0.15, 0.2) is 0 Å². The number of unbranched alkanes of at least 4 members (excludes halogenated alkanes) is 6. The van der Waals surface area contributed by atoms with Gasteiger partial charge in [0.2, 0.25) is 0 Å². The molecule has 0 aromatic rings. The van der Waals surface area contributed by atoms with Gasteiger partial charge in [0, 0.05) is 0 Å². The third kappa shape index (κ3) is 11.6. The van der Waals surface area contributed by atoms with Crippen molar-refractivity contribution in [2.75, 3.05) is 32.1 Å². The average molecular weight is 418 g/mol. The van der Waals surface area contributed by atoms with Gasteiger partial charge in [-0.05, 0) is 38.5 Å². The fourth-order valence-electron chi connectivity index (χ4n) is 2.94. The summed E-state index contributed by atoms with van der Waals surface area (Å²) in [5.41, 5.74) is 0. The van der Waals surface area contributed by atoms with Gasteiger partial charge in [-0.3, -0.25) is 0 Å². The number of halogens is 2. The molecule has 0 spiro atoms. The van der Waals surface area contributed by atoms with Crippen molar-refractivity contribution < 1.29 is 28.5 Å². The molecule has 0 heterocycles. The maximum absolute atomic E-state index is 6.11. The summed E-state index contributed by atoms with van der Waals surface area (Å²) in [6.07, 6.45) is 12.3. The van der Waals surface area contributed by atoms with Crippen molar-refractivity contribution in [1.29, 1.82) is 0 Å². The minimum atomic E-state index is 0. The first-order valence-corrected chi connectivity index (χ1v) is 9.19. The standard InChI is InChI=1S/C17H37ClN.HI/c1-4-7-10-14-19(17-13-18,15-11-8-5-2)16-12-9-6-3;/h4-17H2,1-3H3;1H/q+1;/p-1. The van der Waals surface area contributed by atoms with Crippen molar-refractivity contribution >= 4 is 11.6 Å². The van der Waals surface area contributed by atoms with Crippen LogP contribution in [0.2, 0.25) is 0 Å². The topological polar surface area (TPSA) is 0 Å². The first kappa shape index (κ1) is 23.2. The molecule has 0 aliphatic heterocycles. The lowest BCUT2D eigenvalue weighted by molar-refractivity contribution is -0.926. The summed E-state index contributed by atoms with van der Waals surface area (Å²) < 4.78 is 1.30. The molecule has 0 radical (unpaired) electrons. The summed E-state index contributed by atoms with van der Waals surface area (Å²) in [4.78, 5) is 0. The zero-order valence-electron chi connectivity index (χ0n) is 14.1. The van der Waals surface area contributed by atoms with Crippen LogP contribution in [0.25, 0.3) is 0 Å². The third-order valence-corrected chi connectivity index (χ3v) is 4.44. The van der Waals surface area contributed by atoms with E-state index in [2.05, 4.69) is 20.8 Å². The maximum Gasteiger partial charge on any atom is 0.0924 e. The average Bonchev–Trinajstić information content (AvgIpc) is 2.40. The highest BCUT2D eigenvalue weighted by Crippen LogP contribution is 2.16. The predicted octanol–water partition coefficient (Wildman–Crippen LogP) is 2.62. The van der Waals surface area contributed by atoms with Crippen LogP contribution >= 0.6 is 11.6 Å². The Morgan fingerprint density at radius 3 is 1.20 bits per heavy atom. The quantitative estimate of drug-likeness (QED) is 0.176. The minimum absolute atomic E-state index is 0. The Morgan fingerprint density at radius 1 is 0.600 bits per heavy atom. The second kappa shape index (κ2) is 16.4. The van der Waals surface area contributed by atoms with Gasteiger partial charge in [-0.1, -0.05) is 40.0 Å². The van der Waals surface area contributed by atoms with Crippen molar-refractivity contribution in [2.45, 2.75) is 78.6 Å². The first-order chi connectivity index (χ1) is 9.24. The maximum atomic E-state index is 6.11. The van der Waals surface area contributed by atoms with E-state index in [0.29, 0.717) is 0 Å². The molecule has 124 valence electrons. The summed E-state index contributed by atoms with van der Waals surface area (Å²) in [6.45, 7) is 12.1. The van der Waals surface area contributed by atoms with Gasteiger partial charge in [-0.25, -0.2) is 0 Å². The molecule has 0 fully saturated rings. The fraction of sp³-hybridized carbons (Fsp3) is 1.00. The van der Waals surface area contributed by atoms with Crippen molar-refractivity contribution in [2.24, 2.45) is 0 Å². The number of hydrogen-bond donors (Lipinski definition) is 0. The van der Waals surface area contributed by atoms with E-state index < -0.39 is 0 Å². The monoisotopic (exact) mass is 417 g/mol. The minimum Gasteiger partial charge on any atom is -1.00 e. The van der Waals surface area contributed by atoms with Gasteiger partial charge in [-0.15, -0.1) is 11.6 Å². The van der Waals surface area contributed by atoms with E-state index in [9.17, 15) is 0 Å². The Kier molecular flexibility index (Phi) is 19.0. The Hall–Kier alpha value is 0.980. The van der Waals surface area contributed by atoms with E-state index in [1.54, 1.807) is 0 Å². The number of hydrogen-bond acceptors (Lipinski definition) is 0. The van der Waals surface area contributed by atoms with Crippen LogP contribution in [0.1, 0.15) is 78.6 Å². The van der Waals surface area contributed by atoms with Crippen LogP contribution in [0.5, 0.6) is 0 Å². The fourth-order valence-corrected chi connectivity index (χ4v) is 3.30.